The Bertz CT molecular complexity index is 370. The van der Waals surface area contributed by atoms with E-state index >= 15 is 0 Å². The van der Waals surface area contributed by atoms with Crippen molar-refractivity contribution in [2.45, 2.75) is 6.43 Å². The van der Waals surface area contributed by atoms with Gasteiger partial charge >= 0.3 is 0 Å². The number of alkyl halides is 3. The van der Waals surface area contributed by atoms with E-state index in [1.807, 2.05) is 0 Å². The topological polar surface area (TPSA) is 29.1 Å². The van der Waals surface area contributed by atoms with Gasteiger partial charge in [0.15, 0.2) is 0 Å². The van der Waals surface area contributed by atoms with Gasteiger partial charge in [-0.1, -0.05) is 0 Å². The molecule has 0 saturated heterocycles. The molecule has 1 amide bonds. The van der Waals surface area contributed by atoms with Crippen molar-refractivity contribution in [1.82, 2.24) is 0 Å². The molecule has 0 bridgehead atoms. The van der Waals surface area contributed by atoms with Crippen LogP contribution in [-0.2, 0) is 4.79 Å². The summed E-state index contributed by atoms with van der Waals surface area (Å²) in [6, 6.07) is 2.65. The van der Waals surface area contributed by atoms with Crippen molar-refractivity contribution in [3.8, 4) is 0 Å². The Morgan fingerprint density at radius 3 is 2.60 bits per heavy atom. The van der Waals surface area contributed by atoms with Crippen LogP contribution in [0.5, 0.6) is 0 Å². The van der Waals surface area contributed by atoms with Crippen molar-refractivity contribution in [2.24, 2.45) is 0 Å². The summed E-state index contributed by atoms with van der Waals surface area (Å²) in [5, 5.41) is 2.18. The Labute approximate surface area is 89.0 Å². The first-order chi connectivity index (χ1) is 7.02. The minimum atomic E-state index is -2.78. The molecule has 82 valence electrons. The molecule has 0 radical (unpaired) electrons. The van der Waals surface area contributed by atoms with Gasteiger partial charge in [0.25, 0.3) is 6.43 Å². The van der Waals surface area contributed by atoms with Crippen LogP contribution >= 0.6 is 11.6 Å². The Hall–Kier alpha value is -1.23. The molecular weight excluding hydrogens is 231 g/mol. The van der Waals surface area contributed by atoms with Gasteiger partial charge in [-0.05, 0) is 18.2 Å². The number of carbonyl (C=O) groups excluding carboxylic acids is 1. The maximum absolute atomic E-state index is 12.8. The van der Waals surface area contributed by atoms with E-state index < -0.39 is 23.7 Å². The number of hydrogen-bond donors (Lipinski definition) is 1. The molecule has 0 aliphatic heterocycles. The third kappa shape index (κ3) is 3.43. The molecule has 1 rings (SSSR count). The molecule has 1 aromatic rings. The maximum atomic E-state index is 12.8. The molecule has 0 aromatic heterocycles. The average Bonchev–Trinajstić information content (AvgIpc) is 2.16. The predicted octanol–water partition coefficient (Wildman–Crippen LogP) is 2.94. The highest BCUT2D eigenvalue weighted by molar-refractivity contribution is 6.29. The van der Waals surface area contributed by atoms with Crippen molar-refractivity contribution >= 4 is 23.2 Å². The minimum Gasteiger partial charge on any atom is -0.325 e. The SMILES string of the molecule is O=C(CCl)Nc1cc(F)cc(C(F)F)c1. The number of halogens is 4. The van der Waals surface area contributed by atoms with Crippen LogP contribution in [0.15, 0.2) is 18.2 Å². The number of anilines is 1. The van der Waals surface area contributed by atoms with E-state index in [9.17, 15) is 18.0 Å². The first kappa shape index (κ1) is 11.8. The summed E-state index contributed by atoms with van der Waals surface area (Å²) in [5.41, 5.74) is -0.518. The van der Waals surface area contributed by atoms with Crippen LogP contribution in [0.2, 0.25) is 0 Å². The zero-order chi connectivity index (χ0) is 11.4. The third-order valence-electron chi connectivity index (χ3n) is 1.58. The van der Waals surface area contributed by atoms with Gasteiger partial charge in [-0.2, -0.15) is 0 Å². The summed E-state index contributed by atoms with van der Waals surface area (Å²) >= 11 is 5.19. The zero-order valence-electron chi connectivity index (χ0n) is 7.44. The van der Waals surface area contributed by atoms with E-state index in [1.54, 1.807) is 0 Å². The lowest BCUT2D eigenvalue weighted by Crippen LogP contribution is -2.12. The average molecular weight is 238 g/mol. The van der Waals surface area contributed by atoms with E-state index in [-0.39, 0.29) is 11.6 Å². The molecule has 1 aromatic carbocycles. The zero-order valence-corrected chi connectivity index (χ0v) is 8.19. The van der Waals surface area contributed by atoms with Crippen LogP contribution in [0.4, 0.5) is 18.9 Å². The van der Waals surface area contributed by atoms with Gasteiger partial charge in [-0.15, -0.1) is 11.6 Å². The van der Waals surface area contributed by atoms with Crippen LogP contribution < -0.4 is 5.32 Å². The number of rotatable bonds is 3. The quantitative estimate of drug-likeness (QED) is 0.805. The van der Waals surface area contributed by atoms with Crippen LogP contribution in [0.25, 0.3) is 0 Å². The molecule has 0 fully saturated rings. The van der Waals surface area contributed by atoms with Gasteiger partial charge in [0.05, 0.1) is 0 Å². The maximum Gasteiger partial charge on any atom is 0.264 e. The number of nitrogens with one attached hydrogen (secondary N) is 1. The smallest absolute Gasteiger partial charge is 0.264 e. The van der Waals surface area contributed by atoms with Crippen LogP contribution in [0.1, 0.15) is 12.0 Å². The summed E-state index contributed by atoms with van der Waals surface area (Å²) in [4.78, 5) is 10.8. The first-order valence-electron chi connectivity index (χ1n) is 3.97. The summed E-state index contributed by atoms with van der Waals surface area (Å²) in [7, 11) is 0. The molecule has 0 heterocycles. The molecule has 0 atom stereocenters. The van der Waals surface area contributed by atoms with E-state index in [0.29, 0.717) is 6.07 Å². The lowest BCUT2D eigenvalue weighted by atomic mass is 10.2. The van der Waals surface area contributed by atoms with E-state index in [2.05, 4.69) is 5.32 Å². The van der Waals surface area contributed by atoms with Crippen molar-refractivity contribution < 1.29 is 18.0 Å². The van der Waals surface area contributed by atoms with Crippen LogP contribution in [0, 0.1) is 5.82 Å². The van der Waals surface area contributed by atoms with Gasteiger partial charge in [-0.3, -0.25) is 4.79 Å². The standard InChI is InChI=1S/C9H7ClF3NO/c10-4-8(15)14-7-2-5(9(12)13)1-6(11)3-7/h1-3,9H,4H2,(H,14,15). The summed E-state index contributed by atoms with van der Waals surface area (Å²) in [5.74, 6) is -1.74. The van der Waals surface area contributed by atoms with Crippen LogP contribution in [-0.4, -0.2) is 11.8 Å². The number of carbonyl (C=O) groups is 1. The fourth-order valence-electron chi connectivity index (χ4n) is 1.00. The van der Waals surface area contributed by atoms with Crippen LogP contribution in [0.3, 0.4) is 0 Å². The lowest BCUT2D eigenvalue weighted by molar-refractivity contribution is -0.113. The highest BCUT2D eigenvalue weighted by Crippen LogP contribution is 2.23. The summed E-state index contributed by atoms with van der Waals surface area (Å²) < 4.78 is 37.3. The first-order valence-corrected chi connectivity index (χ1v) is 4.51. The summed E-state index contributed by atoms with van der Waals surface area (Å²) in [6.07, 6.45) is -2.78. The Morgan fingerprint density at radius 2 is 2.07 bits per heavy atom. The molecule has 15 heavy (non-hydrogen) atoms. The molecular formula is C9H7ClF3NO. The van der Waals surface area contributed by atoms with Gasteiger partial charge in [0.2, 0.25) is 5.91 Å². The fraction of sp³-hybridized carbons (Fsp3) is 0.222. The molecule has 0 aliphatic rings. The Kier molecular flexibility index (Phi) is 3.96. The van der Waals surface area contributed by atoms with Gasteiger partial charge < -0.3 is 5.32 Å². The highest BCUT2D eigenvalue weighted by Gasteiger charge is 2.11. The number of hydrogen-bond acceptors (Lipinski definition) is 1. The van der Waals surface area contributed by atoms with Crippen molar-refractivity contribution in [2.75, 3.05) is 11.2 Å². The predicted molar refractivity (Wildman–Crippen MR) is 50.7 cm³/mol. The molecule has 0 saturated carbocycles. The highest BCUT2D eigenvalue weighted by atomic mass is 35.5. The van der Waals surface area contributed by atoms with E-state index in [4.69, 9.17) is 11.6 Å². The van der Waals surface area contributed by atoms with Crippen molar-refractivity contribution in [3.05, 3.63) is 29.6 Å². The monoisotopic (exact) mass is 237 g/mol. The number of benzene rings is 1. The second-order valence-electron chi connectivity index (χ2n) is 2.76. The van der Waals surface area contributed by atoms with Crippen molar-refractivity contribution in [3.63, 3.8) is 0 Å². The largest absolute Gasteiger partial charge is 0.325 e. The summed E-state index contributed by atoms with van der Waals surface area (Å²) in [6.45, 7) is 0. The van der Waals surface area contributed by atoms with Gasteiger partial charge in [-0.25, -0.2) is 13.2 Å². The fourth-order valence-corrected chi connectivity index (χ4v) is 1.07. The Morgan fingerprint density at radius 1 is 1.40 bits per heavy atom. The molecule has 0 unspecified atom stereocenters. The molecule has 6 heteroatoms. The van der Waals surface area contributed by atoms with Gasteiger partial charge in [0, 0.05) is 11.3 Å². The lowest BCUT2D eigenvalue weighted by Gasteiger charge is -2.06. The molecule has 2 nitrogen and oxygen atoms in total. The molecule has 1 N–H and O–H groups in total. The Balaban J connectivity index is 2.93. The van der Waals surface area contributed by atoms with E-state index in [1.165, 1.54) is 0 Å². The van der Waals surface area contributed by atoms with Gasteiger partial charge in [0.1, 0.15) is 11.7 Å². The van der Waals surface area contributed by atoms with E-state index in [0.717, 1.165) is 12.1 Å². The second kappa shape index (κ2) is 5.02. The van der Waals surface area contributed by atoms with Crippen molar-refractivity contribution in [1.29, 1.82) is 0 Å². The number of amides is 1. The normalized spacial score (nSPS) is 10.5. The third-order valence-corrected chi connectivity index (χ3v) is 1.82. The minimum absolute atomic E-state index is 0.0315. The second-order valence-corrected chi connectivity index (χ2v) is 3.02. The molecule has 0 spiro atoms. The molecule has 0 aliphatic carbocycles.